The minimum atomic E-state index is 0. The zero-order valence-corrected chi connectivity index (χ0v) is 18.5. The second-order valence-electron chi connectivity index (χ2n) is 5.59. The number of hydrogen-bond acceptors (Lipinski definition) is 4. The zero-order valence-electron chi connectivity index (χ0n) is 14.5. The van der Waals surface area contributed by atoms with Gasteiger partial charge in [-0.25, -0.2) is 4.98 Å². The van der Waals surface area contributed by atoms with Crippen molar-refractivity contribution in [1.82, 2.24) is 15.6 Å². The summed E-state index contributed by atoms with van der Waals surface area (Å²) < 4.78 is 0. The normalized spacial score (nSPS) is 12.5. The van der Waals surface area contributed by atoms with E-state index in [0.717, 1.165) is 44.1 Å². The van der Waals surface area contributed by atoms with Crippen molar-refractivity contribution in [3.05, 3.63) is 38.5 Å². The lowest BCUT2D eigenvalue weighted by atomic mass is 10.1. The zero-order chi connectivity index (χ0) is 16.5. The van der Waals surface area contributed by atoms with Gasteiger partial charge in [0, 0.05) is 43.0 Å². The fourth-order valence-electron chi connectivity index (χ4n) is 2.19. The minimum Gasteiger partial charge on any atom is -0.357 e. The number of guanidine groups is 1. The van der Waals surface area contributed by atoms with Gasteiger partial charge in [-0.3, -0.25) is 4.99 Å². The molecule has 0 fully saturated rings. The van der Waals surface area contributed by atoms with Crippen LogP contribution < -0.4 is 10.6 Å². The van der Waals surface area contributed by atoms with Crippen LogP contribution >= 0.6 is 46.7 Å². The Bertz CT molecular complexity index is 596. The Morgan fingerprint density at radius 2 is 2.17 bits per heavy atom. The summed E-state index contributed by atoms with van der Waals surface area (Å²) in [5.74, 6) is 1.36. The predicted molar refractivity (Wildman–Crippen MR) is 117 cm³/mol. The maximum atomic E-state index is 4.70. The van der Waals surface area contributed by atoms with Crippen molar-refractivity contribution in [3.63, 3.8) is 0 Å². The first-order chi connectivity index (χ1) is 11.2. The molecular formula is C17H27IN4S2. The molecule has 2 aromatic heterocycles. The molecule has 0 aromatic carbocycles. The molecule has 4 nitrogen and oxygen atoms in total. The fourth-order valence-corrected chi connectivity index (χ4v) is 3.80. The van der Waals surface area contributed by atoms with Crippen LogP contribution in [0.4, 0.5) is 0 Å². The van der Waals surface area contributed by atoms with E-state index in [1.165, 1.54) is 10.6 Å². The highest BCUT2D eigenvalue weighted by molar-refractivity contribution is 14.0. The SMILES string of the molecule is CCNC(=NCC(C)c1ccsc1)NCCCc1nc(C)cs1.I. The van der Waals surface area contributed by atoms with Crippen molar-refractivity contribution in [3.8, 4) is 0 Å². The lowest BCUT2D eigenvalue weighted by Gasteiger charge is -2.12. The minimum absolute atomic E-state index is 0. The van der Waals surface area contributed by atoms with Crippen molar-refractivity contribution in [2.45, 2.75) is 39.5 Å². The molecule has 0 aliphatic carbocycles. The van der Waals surface area contributed by atoms with Crippen LogP contribution in [0.5, 0.6) is 0 Å². The lowest BCUT2D eigenvalue weighted by Crippen LogP contribution is -2.38. The van der Waals surface area contributed by atoms with Crippen LogP contribution in [0.2, 0.25) is 0 Å². The quantitative estimate of drug-likeness (QED) is 0.256. The van der Waals surface area contributed by atoms with Crippen molar-refractivity contribution in [1.29, 1.82) is 0 Å². The first-order valence-electron chi connectivity index (χ1n) is 8.14. The summed E-state index contributed by atoms with van der Waals surface area (Å²) in [6.45, 7) is 8.96. The molecule has 0 aliphatic heterocycles. The summed E-state index contributed by atoms with van der Waals surface area (Å²) in [7, 11) is 0. The van der Waals surface area contributed by atoms with Gasteiger partial charge in [-0.2, -0.15) is 11.3 Å². The summed E-state index contributed by atoms with van der Waals surface area (Å²) in [4.78, 5) is 9.20. The molecule has 2 N–H and O–H groups in total. The topological polar surface area (TPSA) is 49.3 Å². The van der Waals surface area contributed by atoms with E-state index in [0.29, 0.717) is 5.92 Å². The third kappa shape index (κ3) is 7.48. The van der Waals surface area contributed by atoms with E-state index in [4.69, 9.17) is 4.99 Å². The van der Waals surface area contributed by atoms with Crippen LogP contribution in [0, 0.1) is 6.92 Å². The molecule has 0 saturated heterocycles. The molecule has 0 saturated carbocycles. The van der Waals surface area contributed by atoms with Gasteiger partial charge in [0.25, 0.3) is 0 Å². The van der Waals surface area contributed by atoms with Gasteiger partial charge >= 0.3 is 0 Å². The molecule has 0 spiro atoms. The van der Waals surface area contributed by atoms with Crippen molar-refractivity contribution >= 4 is 52.6 Å². The molecule has 7 heteroatoms. The van der Waals surface area contributed by atoms with Gasteiger partial charge in [0.1, 0.15) is 0 Å². The Morgan fingerprint density at radius 3 is 2.79 bits per heavy atom. The second-order valence-corrected chi connectivity index (χ2v) is 7.31. The van der Waals surface area contributed by atoms with E-state index >= 15 is 0 Å². The van der Waals surface area contributed by atoms with Crippen LogP contribution in [0.15, 0.2) is 27.2 Å². The average Bonchev–Trinajstić information content (AvgIpc) is 3.20. The number of thiophene rings is 1. The van der Waals surface area contributed by atoms with E-state index in [1.54, 1.807) is 22.7 Å². The summed E-state index contributed by atoms with van der Waals surface area (Å²) >= 11 is 3.49. The van der Waals surface area contributed by atoms with E-state index < -0.39 is 0 Å². The number of nitrogens with one attached hydrogen (secondary N) is 2. The average molecular weight is 478 g/mol. The summed E-state index contributed by atoms with van der Waals surface area (Å²) in [6.07, 6.45) is 2.09. The van der Waals surface area contributed by atoms with Gasteiger partial charge in [-0.1, -0.05) is 6.92 Å². The maximum Gasteiger partial charge on any atom is 0.191 e. The first kappa shape index (κ1) is 21.4. The molecule has 24 heavy (non-hydrogen) atoms. The molecule has 134 valence electrons. The van der Waals surface area contributed by atoms with Crippen molar-refractivity contribution < 1.29 is 0 Å². The Labute approximate surface area is 170 Å². The molecule has 1 unspecified atom stereocenters. The summed E-state index contributed by atoms with van der Waals surface area (Å²) in [5.41, 5.74) is 2.49. The largest absolute Gasteiger partial charge is 0.357 e. The van der Waals surface area contributed by atoms with Crippen LogP contribution in [0.1, 0.15) is 42.5 Å². The highest BCUT2D eigenvalue weighted by atomic mass is 127. The maximum absolute atomic E-state index is 4.70. The van der Waals surface area contributed by atoms with Gasteiger partial charge in [0.05, 0.1) is 5.01 Å². The highest BCUT2D eigenvalue weighted by Gasteiger charge is 2.06. The molecule has 0 aliphatic rings. The number of rotatable bonds is 8. The second kappa shape index (κ2) is 11.8. The van der Waals surface area contributed by atoms with Crippen molar-refractivity contribution in [2.24, 2.45) is 4.99 Å². The molecular weight excluding hydrogens is 451 g/mol. The Morgan fingerprint density at radius 1 is 1.33 bits per heavy atom. The smallest absolute Gasteiger partial charge is 0.191 e. The van der Waals surface area contributed by atoms with E-state index in [-0.39, 0.29) is 24.0 Å². The van der Waals surface area contributed by atoms with E-state index in [2.05, 4.69) is 51.7 Å². The Kier molecular flexibility index (Phi) is 10.5. The molecule has 2 rings (SSSR count). The number of halogens is 1. The number of aryl methyl sites for hydroxylation is 2. The van der Waals surface area contributed by atoms with Gasteiger partial charge in [-0.15, -0.1) is 35.3 Å². The van der Waals surface area contributed by atoms with Gasteiger partial charge < -0.3 is 10.6 Å². The van der Waals surface area contributed by atoms with Gasteiger partial charge in [-0.05, 0) is 42.7 Å². The predicted octanol–water partition coefficient (Wildman–Crippen LogP) is 4.42. The molecule has 1 atom stereocenters. The fraction of sp³-hybridized carbons (Fsp3) is 0.529. The summed E-state index contributed by atoms with van der Waals surface area (Å²) in [6, 6.07) is 2.18. The van der Waals surface area contributed by atoms with E-state index in [1.807, 2.05) is 6.92 Å². The number of aliphatic imine (C=N–C) groups is 1. The third-order valence-electron chi connectivity index (χ3n) is 3.51. The molecule has 2 heterocycles. The summed E-state index contributed by atoms with van der Waals surface area (Å²) in [5, 5.41) is 14.4. The molecule has 2 aromatic rings. The van der Waals surface area contributed by atoms with Gasteiger partial charge in [0.2, 0.25) is 0 Å². The van der Waals surface area contributed by atoms with Crippen molar-refractivity contribution in [2.75, 3.05) is 19.6 Å². The Hall–Kier alpha value is -0.670. The molecule has 0 radical (unpaired) electrons. The van der Waals surface area contributed by atoms with Crippen LogP contribution in [-0.2, 0) is 6.42 Å². The number of thiazole rings is 1. The number of aromatic nitrogens is 1. The lowest BCUT2D eigenvalue weighted by molar-refractivity contribution is 0.723. The number of hydrogen-bond donors (Lipinski definition) is 2. The highest BCUT2D eigenvalue weighted by Crippen LogP contribution is 2.18. The number of nitrogens with zero attached hydrogens (tertiary/aromatic N) is 2. The first-order valence-corrected chi connectivity index (χ1v) is 9.96. The van der Waals surface area contributed by atoms with Gasteiger partial charge in [0.15, 0.2) is 5.96 Å². The van der Waals surface area contributed by atoms with E-state index in [9.17, 15) is 0 Å². The molecule has 0 bridgehead atoms. The van der Waals surface area contributed by atoms with Crippen LogP contribution in [0.25, 0.3) is 0 Å². The monoisotopic (exact) mass is 478 g/mol. The third-order valence-corrected chi connectivity index (χ3v) is 5.23. The van der Waals surface area contributed by atoms with Crippen LogP contribution in [0.3, 0.4) is 0 Å². The Balaban J connectivity index is 0.00000288. The van der Waals surface area contributed by atoms with Crippen LogP contribution in [-0.4, -0.2) is 30.6 Å². The standard InChI is InChI=1S/C17H26N4S2.HI/c1-4-18-17(20-10-13(2)15-7-9-22-12-15)19-8-5-6-16-21-14(3)11-23-16;/h7,9,11-13H,4-6,8,10H2,1-3H3,(H2,18,19,20);1H. The molecule has 0 amide bonds.